The number of nitrogens with zero attached hydrogens (tertiary/aromatic N) is 6. The summed E-state index contributed by atoms with van der Waals surface area (Å²) in [7, 11) is -12.5. The fourth-order valence-corrected chi connectivity index (χ4v) is 12.5. The molecule has 3 amide bonds. The molecule has 1 saturated heterocycles. The summed E-state index contributed by atoms with van der Waals surface area (Å²) >= 11 is 0. The molecule has 3 aromatic heterocycles. The van der Waals surface area contributed by atoms with E-state index in [2.05, 4.69) is 81.1 Å². The summed E-state index contributed by atoms with van der Waals surface area (Å²) < 4.78 is 110. The van der Waals surface area contributed by atoms with Gasteiger partial charge in [-0.05, 0) is 167 Å². The molecule has 6 aromatic rings. The first-order valence-corrected chi connectivity index (χ1v) is 37.7. The second-order valence-corrected chi connectivity index (χ2v) is 29.5. The molecule has 7 rings (SSSR count). The molecule has 105 heavy (non-hydrogen) atoms. The van der Waals surface area contributed by atoms with Gasteiger partial charge in [-0.15, -0.1) is 0 Å². The van der Waals surface area contributed by atoms with E-state index in [0.717, 1.165) is 0 Å². The SMILES string of the molecule is Cc1cc(OCC(=O)NCCCS(=O)(=O)O)cc(C)c1C#Cc1cc(CN2CCN(Cc3cc(C#Cc4c(C)cc(OCC(=O)NCCCS(=O)(=O)O)cc4C)cc(C(=O)O)n3)CCN(Cc3cc(C#Cc4c(C)cc(OCC(=O)NCCCS(=O)(=O)O)cc4C)cc(C(=O)O)n3)CC2)nc(C(=O)O)c1. The number of carboxylic acid groups (broad SMARTS) is 3. The average Bonchev–Trinajstić information content (AvgIpc) is 1.58. The number of aryl methyl sites for hydroxylation is 6. The van der Waals surface area contributed by atoms with Gasteiger partial charge < -0.3 is 45.5 Å². The molecule has 0 radical (unpaired) electrons. The predicted octanol–water partition coefficient (Wildman–Crippen LogP) is 4.15. The molecule has 0 bridgehead atoms. The number of carbonyl (C=O) groups is 6. The van der Waals surface area contributed by atoms with Gasteiger partial charge >= 0.3 is 17.9 Å². The number of carbonyl (C=O) groups excluding carboxylic acids is 3. The van der Waals surface area contributed by atoms with Gasteiger partial charge in [0.2, 0.25) is 0 Å². The first-order valence-electron chi connectivity index (χ1n) is 32.8. The Morgan fingerprint density at radius 2 is 0.610 bits per heavy atom. The molecule has 0 spiro atoms. The minimum atomic E-state index is -4.18. The monoisotopic (exact) mass is 1500 g/mol. The highest BCUT2D eigenvalue weighted by Crippen LogP contribution is 2.25. The first kappa shape index (κ1) is 81.9. The standard InChI is InChI=1S/C72H81N9O21S3/c1-46-28-58(100-43-67(82)73-16-7-25-103(91,92)93)29-47(2)61(46)13-10-52-34-55(76-64(37-52)70(85)86)40-79-19-21-80(41-56-35-53(38-65(77-56)71(87)88)11-14-62-48(3)30-59(31-49(62)4)101-44-68(83)74-17-8-26-104(94,95)96)23-24-81(22-20-79)42-57-36-54(39-66(78-57)72(89)90)12-15-63-50(5)32-60(33-51(63)6)102-45-69(84)75-18-9-27-105(97,98)99/h28-39H,7-9,16-27,40-45H2,1-6H3,(H,73,82)(H,74,83)(H,75,84)(H,85,86)(H,87,88)(H,89,90)(H,91,92,93)(H,94,95,96)(H,97,98,99). The van der Waals surface area contributed by atoms with Crippen LogP contribution in [-0.2, 0) is 64.4 Å². The van der Waals surface area contributed by atoms with Crippen molar-refractivity contribution in [1.82, 2.24) is 45.6 Å². The van der Waals surface area contributed by atoms with Crippen LogP contribution >= 0.6 is 0 Å². The van der Waals surface area contributed by atoms with Crippen LogP contribution in [0.25, 0.3) is 0 Å². The van der Waals surface area contributed by atoms with E-state index in [4.69, 9.17) is 27.9 Å². The highest BCUT2D eigenvalue weighted by Gasteiger charge is 2.23. The van der Waals surface area contributed by atoms with Gasteiger partial charge in [-0.3, -0.25) is 42.7 Å². The van der Waals surface area contributed by atoms with Crippen LogP contribution in [0.2, 0.25) is 0 Å². The summed E-state index contributed by atoms with van der Waals surface area (Å²) in [6.07, 6.45) is 0.0211. The summed E-state index contributed by atoms with van der Waals surface area (Å²) in [4.78, 5) is 95.1. The summed E-state index contributed by atoms with van der Waals surface area (Å²) in [5.74, 6) is 12.9. The van der Waals surface area contributed by atoms with Gasteiger partial charge in [0.25, 0.3) is 48.1 Å². The van der Waals surface area contributed by atoms with Crippen molar-refractivity contribution in [2.45, 2.75) is 80.4 Å². The lowest BCUT2D eigenvalue weighted by atomic mass is 10.0. The predicted molar refractivity (Wildman–Crippen MR) is 384 cm³/mol. The molecule has 3 aromatic carbocycles. The van der Waals surface area contributed by atoms with E-state index in [9.17, 15) is 69.3 Å². The van der Waals surface area contributed by atoms with Crippen LogP contribution in [0.15, 0.2) is 72.8 Å². The quantitative estimate of drug-likeness (QED) is 0.0174. The van der Waals surface area contributed by atoms with E-state index in [-0.39, 0.29) is 95.4 Å². The fourth-order valence-electron chi connectivity index (χ4n) is 11.0. The molecule has 0 saturated carbocycles. The summed E-state index contributed by atoms with van der Waals surface area (Å²) in [5.41, 5.74) is 7.31. The van der Waals surface area contributed by atoms with Crippen LogP contribution in [-0.4, -0.2) is 215 Å². The molecule has 1 aliphatic heterocycles. The Morgan fingerprint density at radius 1 is 0.381 bits per heavy atom. The number of aromatic nitrogens is 3. The number of rotatable bonds is 30. The van der Waals surface area contributed by atoms with Crippen molar-refractivity contribution in [3.05, 3.63) is 174 Å². The lowest BCUT2D eigenvalue weighted by Crippen LogP contribution is -2.36. The molecular weight excluding hydrogens is 1420 g/mol. The molecule has 0 atom stereocenters. The lowest BCUT2D eigenvalue weighted by Gasteiger charge is -2.25. The zero-order valence-electron chi connectivity index (χ0n) is 58.5. The van der Waals surface area contributed by atoms with Crippen molar-refractivity contribution in [2.24, 2.45) is 0 Å². The number of benzene rings is 3. The Balaban J connectivity index is 1.15. The molecule has 0 aliphatic carbocycles. The number of pyridine rings is 3. The van der Waals surface area contributed by atoms with E-state index in [1.165, 1.54) is 18.2 Å². The largest absolute Gasteiger partial charge is 0.484 e. The maximum Gasteiger partial charge on any atom is 0.354 e. The van der Waals surface area contributed by atoms with Gasteiger partial charge in [-0.1, -0.05) is 35.5 Å². The molecule has 558 valence electrons. The molecular formula is C72H81N9O21S3. The van der Waals surface area contributed by atoms with E-state index >= 15 is 0 Å². The van der Waals surface area contributed by atoms with Crippen molar-refractivity contribution in [2.75, 3.05) is 96.0 Å². The van der Waals surface area contributed by atoms with Crippen LogP contribution in [0.4, 0.5) is 0 Å². The minimum absolute atomic E-state index is 0.00581. The Kier molecular flexibility index (Phi) is 29.5. The van der Waals surface area contributed by atoms with Gasteiger partial charge in [0.05, 0.1) is 34.3 Å². The van der Waals surface area contributed by atoms with Gasteiger partial charge in [-0.25, -0.2) is 29.3 Å². The van der Waals surface area contributed by atoms with E-state index < -0.39 is 83.2 Å². The Morgan fingerprint density at radius 3 is 0.819 bits per heavy atom. The molecule has 1 fully saturated rings. The molecule has 9 N–H and O–H groups in total. The number of amides is 3. The Labute approximate surface area is 608 Å². The van der Waals surface area contributed by atoms with Crippen LogP contribution in [0.1, 0.15) is 135 Å². The Hall–Kier alpha value is -10.4. The highest BCUT2D eigenvalue weighted by molar-refractivity contribution is 7.86. The number of hydrogen-bond donors (Lipinski definition) is 9. The first-order chi connectivity index (χ1) is 49.5. The second kappa shape index (κ2) is 37.9. The van der Waals surface area contributed by atoms with E-state index in [1.54, 1.807) is 96.1 Å². The average molecular weight is 1500 g/mol. The van der Waals surface area contributed by atoms with Crippen molar-refractivity contribution < 1.29 is 97.2 Å². The maximum absolute atomic E-state index is 12.7. The fraction of sp³-hybridized carbons (Fsp3) is 0.375. The van der Waals surface area contributed by atoms with Crippen molar-refractivity contribution in [1.29, 1.82) is 0 Å². The third-order valence-corrected chi connectivity index (χ3v) is 18.4. The van der Waals surface area contributed by atoms with Gasteiger partial charge in [-0.2, -0.15) is 25.3 Å². The normalized spacial score (nSPS) is 13.0. The van der Waals surface area contributed by atoms with E-state index in [0.29, 0.717) is 140 Å². The number of ether oxygens (including phenoxy) is 3. The minimum Gasteiger partial charge on any atom is -0.484 e. The molecule has 4 heterocycles. The van der Waals surface area contributed by atoms with Crippen molar-refractivity contribution in [3.8, 4) is 52.8 Å². The van der Waals surface area contributed by atoms with Crippen LogP contribution < -0.4 is 30.2 Å². The van der Waals surface area contributed by atoms with Gasteiger partial charge in [0, 0.05) is 112 Å². The molecule has 30 nitrogen and oxygen atoms in total. The second-order valence-electron chi connectivity index (χ2n) is 24.8. The highest BCUT2D eigenvalue weighted by atomic mass is 32.2. The lowest BCUT2D eigenvalue weighted by molar-refractivity contribution is -0.123. The third-order valence-electron chi connectivity index (χ3n) is 16.0. The van der Waals surface area contributed by atoms with Crippen molar-refractivity contribution in [3.63, 3.8) is 0 Å². The van der Waals surface area contributed by atoms with Gasteiger partial charge in [0.15, 0.2) is 19.8 Å². The molecule has 1 aliphatic rings. The summed E-state index contributed by atoms with van der Waals surface area (Å²) in [6.45, 7) is 12.3. The summed E-state index contributed by atoms with van der Waals surface area (Å²) in [6, 6.07) is 19.3. The third kappa shape index (κ3) is 28.3. The molecule has 33 heteroatoms. The number of hydrogen-bond acceptors (Lipinski definition) is 21. The van der Waals surface area contributed by atoms with Crippen LogP contribution in [0.3, 0.4) is 0 Å². The topological polar surface area (TPSA) is 438 Å². The molecule has 0 unspecified atom stereocenters. The summed E-state index contributed by atoms with van der Waals surface area (Å²) in [5, 5.41) is 38.7. The maximum atomic E-state index is 12.7. The van der Waals surface area contributed by atoms with Gasteiger partial charge in [0.1, 0.15) is 34.3 Å². The zero-order valence-corrected chi connectivity index (χ0v) is 60.9. The number of aromatic carboxylic acids is 3. The Bertz CT molecular complexity index is 4280. The number of nitrogens with one attached hydrogen (secondary N) is 3. The smallest absolute Gasteiger partial charge is 0.354 e. The number of carboxylic acids is 3. The van der Waals surface area contributed by atoms with E-state index in [1.807, 2.05) is 0 Å². The van der Waals surface area contributed by atoms with Crippen molar-refractivity contribution >= 4 is 66.0 Å². The zero-order chi connectivity index (χ0) is 76.8. The van der Waals surface area contributed by atoms with Crippen LogP contribution in [0, 0.1) is 77.1 Å². The van der Waals surface area contributed by atoms with Crippen LogP contribution in [0.5, 0.6) is 17.2 Å².